The number of ether oxygens (including phenoxy) is 2. The Kier molecular flexibility index (Phi) is 14.4. The van der Waals surface area contributed by atoms with Crippen LogP contribution in [0.5, 0.6) is 0 Å². The number of aliphatic carboxylic acids is 1. The van der Waals surface area contributed by atoms with Crippen molar-refractivity contribution in [2.24, 2.45) is 23.7 Å². The van der Waals surface area contributed by atoms with E-state index in [0.29, 0.717) is 35.5 Å². The molecule has 13 heteroatoms. The molecular formula is C44H70N6O7. The highest BCUT2D eigenvalue weighted by Crippen LogP contribution is 2.50. The number of carbonyl (C=O) groups excluding carboxylic acids is 3. The second kappa shape index (κ2) is 18.5. The Balaban J connectivity index is 0.000000218. The predicted molar refractivity (Wildman–Crippen MR) is 216 cm³/mol. The average Bonchev–Trinajstić information content (AvgIpc) is 3.97. The minimum Gasteiger partial charge on any atom is -0.481 e. The van der Waals surface area contributed by atoms with Crippen LogP contribution in [0.4, 0.5) is 0 Å². The van der Waals surface area contributed by atoms with Crippen LogP contribution in [0.25, 0.3) is 0 Å². The third-order valence-electron chi connectivity index (χ3n) is 11.4. The van der Waals surface area contributed by atoms with Crippen molar-refractivity contribution >= 4 is 24.2 Å². The predicted octanol–water partition coefficient (Wildman–Crippen LogP) is 9.00. The highest BCUT2D eigenvalue weighted by Gasteiger charge is 2.42. The lowest BCUT2D eigenvalue weighted by molar-refractivity contribution is -0.156. The molecule has 2 aromatic rings. The van der Waals surface area contributed by atoms with Gasteiger partial charge in [-0.3, -0.25) is 14.4 Å². The van der Waals surface area contributed by atoms with Gasteiger partial charge in [0.05, 0.1) is 54.1 Å². The molecule has 2 unspecified atom stereocenters. The zero-order chi connectivity index (χ0) is 41.8. The second-order valence-electron chi connectivity index (χ2n) is 20.4. The van der Waals surface area contributed by atoms with Gasteiger partial charge in [0.1, 0.15) is 17.5 Å². The van der Waals surface area contributed by atoms with Crippen LogP contribution in [0.2, 0.25) is 0 Å². The smallest absolute Gasteiger partial charge is 0.307 e. The summed E-state index contributed by atoms with van der Waals surface area (Å²) in [5, 5.41) is 27.3. The monoisotopic (exact) mass is 795 g/mol. The molecule has 6 rings (SSSR count). The summed E-state index contributed by atoms with van der Waals surface area (Å²) in [4.78, 5) is 47.6. The highest BCUT2D eigenvalue weighted by atomic mass is 16.6. The van der Waals surface area contributed by atoms with Crippen molar-refractivity contribution in [3.63, 3.8) is 0 Å². The van der Waals surface area contributed by atoms with Crippen LogP contribution >= 0.6 is 0 Å². The maximum Gasteiger partial charge on any atom is 0.307 e. The van der Waals surface area contributed by atoms with Crippen LogP contribution in [0, 0.1) is 23.7 Å². The molecule has 2 heterocycles. The Morgan fingerprint density at radius 2 is 1.07 bits per heavy atom. The van der Waals surface area contributed by atoms with Crippen molar-refractivity contribution in [1.82, 2.24) is 30.0 Å². The van der Waals surface area contributed by atoms with Gasteiger partial charge in [-0.25, -0.2) is 9.36 Å². The average molecular weight is 795 g/mol. The Morgan fingerprint density at radius 3 is 1.40 bits per heavy atom. The first-order valence-electron chi connectivity index (χ1n) is 21.7. The summed E-state index contributed by atoms with van der Waals surface area (Å²) in [6.45, 7) is 20.1. The van der Waals surface area contributed by atoms with E-state index >= 15 is 0 Å². The standard InChI is InChI=1S/C22H35N3O4.C22H35N3O3/c1-13(2)8-14-9-17(10-14)25-21(15-6-7-15)20(23-24-25)16(11-18(26)27)12-19(28)29-22(3,4)5;1-14(2)10-15-11-18(12-15)25-21(16-6-7-16)20(23-24-25)17(8-9-26)13-19(27)28-22(3,4)5/h13-17H,6-12H2,1-5H3,(H,26,27);9,14-18H,6-8,10-13H2,1-5H3. The molecule has 0 spiro atoms. The van der Waals surface area contributed by atoms with Gasteiger partial charge in [-0.1, -0.05) is 38.1 Å². The van der Waals surface area contributed by atoms with Crippen molar-refractivity contribution in [3.05, 3.63) is 22.8 Å². The third kappa shape index (κ3) is 12.9. The lowest BCUT2D eigenvalue weighted by atomic mass is 9.75. The zero-order valence-electron chi connectivity index (χ0n) is 36.3. The number of hydrogen-bond acceptors (Lipinski definition) is 10. The van der Waals surface area contributed by atoms with Crippen LogP contribution < -0.4 is 0 Å². The SMILES string of the molecule is CC(C)CC1CC(n2nnc(C(CC(=O)O)CC(=O)OC(C)(C)C)c2C2CC2)C1.CC(C)CC1CC(n2nnc(C(CC=O)CC(=O)OC(C)(C)C)c2C2CC2)C1. The van der Waals surface area contributed by atoms with E-state index in [9.17, 15) is 24.3 Å². The van der Waals surface area contributed by atoms with Crippen LogP contribution in [-0.2, 0) is 28.7 Å². The molecule has 4 aliphatic rings. The molecule has 0 amide bonds. The van der Waals surface area contributed by atoms with Gasteiger partial charge in [0, 0.05) is 30.1 Å². The van der Waals surface area contributed by atoms with Crippen molar-refractivity contribution in [2.45, 2.75) is 206 Å². The van der Waals surface area contributed by atoms with Crippen molar-refractivity contribution in [1.29, 1.82) is 0 Å². The third-order valence-corrected chi connectivity index (χ3v) is 11.4. The van der Waals surface area contributed by atoms with Crippen LogP contribution in [0.15, 0.2) is 0 Å². The summed E-state index contributed by atoms with van der Waals surface area (Å²) in [5.74, 6) is 1.44. The van der Waals surface area contributed by atoms with Gasteiger partial charge >= 0.3 is 17.9 Å². The molecule has 0 aromatic carbocycles. The van der Waals surface area contributed by atoms with Crippen LogP contribution in [0.1, 0.15) is 218 Å². The van der Waals surface area contributed by atoms with Crippen molar-refractivity contribution in [2.75, 3.05) is 0 Å². The molecule has 1 N–H and O–H groups in total. The maximum absolute atomic E-state index is 12.4. The summed E-state index contributed by atoms with van der Waals surface area (Å²) < 4.78 is 15.1. The number of aldehydes is 1. The molecular weight excluding hydrogens is 725 g/mol. The van der Waals surface area contributed by atoms with Crippen molar-refractivity contribution in [3.8, 4) is 0 Å². The lowest BCUT2D eigenvalue weighted by Crippen LogP contribution is -2.30. The molecule has 318 valence electrons. The number of nitrogens with zero attached hydrogens (tertiary/aromatic N) is 6. The van der Waals surface area contributed by atoms with E-state index in [4.69, 9.17) is 9.47 Å². The minimum absolute atomic E-state index is 0.0165. The molecule has 4 aliphatic carbocycles. The summed E-state index contributed by atoms with van der Waals surface area (Å²) >= 11 is 0. The fourth-order valence-corrected chi connectivity index (χ4v) is 8.82. The number of esters is 2. The van der Waals surface area contributed by atoms with Gasteiger partial charge in [-0.2, -0.15) is 0 Å². The van der Waals surface area contributed by atoms with Gasteiger partial charge in [-0.15, -0.1) is 10.2 Å². The molecule has 4 saturated carbocycles. The Morgan fingerprint density at radius 1 is 0.684 bits per heavy atom. The molecule has 2 atom stereocenters. The van der Waals surface area contributed by atoms with Gasteiger partial charge in [0.2, 0.25) is 0 Å². The normalized spacial score (nSPS) is 23.2. The minimum atomic E-state index is -0.935. The fraction of sp³-hybridized carbons (Fsp3) is 0.818. The van der Waals surface area contributed by atoms with Gasteiger partial charge in [-0.05, 0) is 129 Å². The number of carbonyl (C=O) groups is 4. The number of rotatable bonds is 18. The summed E-state index contributed by atoms with van der Waals surface area (Å²) in [5.41, 5.74) is 2.63. The second-order valence-corrected chi connectivity index (χ2v) is 20.4. The topological polar surface area (TPSA) is 168 Å². The largest absolute Gasteiger partial charge is 0.481 e. The lowest BCUT2D eigenvalue weighted by Gasteiger charge is -2.37. The first-order valence-corrected chi connectivity index (χ1v) is 21.7. The quantitative estimate of drug-likeness (QED) is 0.113. The van der Waals surface area contributed by atoms with Crippen LogP contribution in [-0.4, -0.2) is 70.5 Å². The fourth-order valence-electron chi connectivity index (χ4n) is 8.82. The molecule has 57 heavy (non-hydrogen) atoms. The van der Waals surface area contributed by atoms with Gasteiger partial charge in [0.15, 0.2) is 0 Å². The zero-order valence-corrected chi connectivity index (χ0v) is 36.3. The highest BCUT2D eigenvalue weighted by molar-refractivity contribution is 5.74. The Bertz CT molecular complexity index is 1680. The van der Waals surface area contributed by atoms with E-state index in [1.54, 1.807) is 0 Å². The molecule has 2 aromatic heterocycles. The first-order chi connectivity index (χ1) is 26.7. The first kappa shape index (κ1) is 44.5. The van der Waals surface area contributed by atoms with E-state index in [1.165, 1.54) is 18.5 Å². The van der Waals surface area contributed by atoms with E-state index in [0.717, 1.165) is 86.8 Å². The van der Waals surface area contributed by atoms with E-state index in [1.807, 2.05) is 46.2 Å². The maximum atomic E-state index is 12.4. The Labute approximate surface area is 339 Å². The molecule has 4 fully saturated rings. The Hall–Kier alpha value is -3.64. The van der Waals surface area contributed by atoms with Crippen LogP contribution in [0.3, 0.4) is 0 Å². The van der Waals surface area contributed by atoms with E-state index in [2.05, 4.69) is 53.0 Å². The van der Waals surface area contributed by atoms with E-state index < -0.39 is 23.1 Å². The van der Waals surface area contributed by atoms with Crippen molar-refractivity contribution < 1.29 is 33.8 Å². The van der Waals surface area contributed by atoms with Gasteiger partial charge in [0.25, 0.3) is 0 Å². The summed E-state index contributed by atoms with van der Waals surface area (Å²) in [6.07, 6.45) is 12.7. The van der Waals surface area contributed by atoms with Gasteiger partial charge < -0.3 is 19.4 Å². The molecule has 0 radical (unpaired) electrons. The molecule has 13 nitrogen and oxygen atoms in total. The van der Waals surface area contributed by atoms with E-state index in [-0.39, 0.29) is 43.5 Å². The molecule has 0 saturated heterocycles. The summed E-state index contributed by atoms with van der Waals surface area (Å²) in [7, 11) is 0. The molecule has 0 aliphatic heterocycles. The molecule has 0 bridgehead atoms. The summed E-state index contributed by atoms with van der Waals surface area (Å²) in [6, 6.07) is 0.765. The number of carboxylic acid groups (broad SMARTS) is 1. The number of carboxylic acids is 1. The number of aromatic nitrogens is 6. The number of hydrogen-bond donors (Lipinski definition) is 1.